The molecular formula is C17H15NO3. The first kappa shape index (κ1) is 13.4. The van der Waals surface area contributed by atoms with Crippen LogP contribution in [0.1, 0.15) is 27.0 Å². The summed E-state index contributed by atoms with van der Waals surface area (Å²) in [5.74, 6) is -1.03. The molecule has 0 saturated heterocycles. The average molecular weight is 281 g/mol. The molecule has 0 atom stereocenters. The van der Waals surface area contributed by atoms with Crippen LogP contribution in [0.25, 0.3) is 0 Å². The molecule has 1 aliphatic heterocycles. The van der Waals surface area contributed by atoms with Crippen LogP contribution in [0, 0.1) is 0 Å². The molecule has 0 saturated carbocycles. The van der Waals surface area contributed by atoms with E-state index in [1.807, 2.05) is 36.2 Å². The van der Waals surface area contributed by atoms with Gasteiger partial charge >= 0.3 is 5.97 Å². The van der Waals surface area contributed by atoms with Gasteiger partial charge in [0.05, 0.1) is 6.42 Å². The predicted octanol–water partition coefficient (Wildman–Crippen LogP) is 2.49. The van der Waals surface area contributed by atoms with Crippen LogP contribution in [0.3, 0.4) is 0 Å². The lowest BCUT2D eigenvalue weighted by Crippen LogP contribution is -2.17. The summed E-state index contributed by atoms with van der Waals surface area (Å²) in [6, 6.07) is 12.9. The first-order valence-corrected chi connectivity index (χ1v) is 6.75. The minimum atomic E-state index is -0.934. The molecule has 0 amide bonds. The molecule has 0 fully saturated rings. The number of carbonyl (C=O) groups is 2. The number of carbonyl (C=O) groups excluding carboxylic acids is 1. The van der Waals surface area contributed by atoms with Crippen LogP contribution < -0.4 is 4.90 Å². The van der Waals surface area contributed by atoms with Crippen molar-refractivity contribution in [2.24, 2.45) is 0 Å². The molecular weight excluding hydrogens is 266 g/mol. The zero-order valence-electron chi connectivity index (χ0n) is 11.7. The largest absolute Gasteiger partial charge is 0.481 e. The van der Waals surface area contributed by atoms with Crippen molar-refractivity contribution in [3.63, 3.8) is 0 Å². The van der Waals surface area contributed by atoms with E-state index in [4.69, 9.17) is 5.11 Å². The van der Waals surface area contributed by atoms with Gasteiger partial charge in [-0.1, -0.05) is 36.4 Å². The topological polar surface area (TPSA) is 57.6 Å². The minimum Gasteiger partial charge on any atom is -0.481 e. The summed E-state index contributed by atoms with van der Waals surface area (Å²) >= 11 is 0. The summed E-state index contributed by atoms with van der Waals surface area (Å²) in [6.07, 6.45) is -0.148. The maximum absolute atomic E-state index is 12.9. The quantitative estimate of drug-likeness (QED) is 0.919. The Bertz CT molecular complexity index is 737. The van der Waals surface area contributed by atoms with Crippen molar-refractivity contribution in [3.8, 4) is 0 Å². The number of nitrogens with zero attached hydrogens (tertiary/aromatic N) is 1. The SMILES string of the molecule is CN1Cc2ccccc2C(=O)c2c(CC(=O)O)cccc21. The fraction of sp³-hybridized carbons (Fsp3) is 0.176. The summed E-state index contributed by atoms with van der Waals surface area (Å²) in [7, 11) is 1.92. The van der Waals surface area contributed by atoms with Crippen LogP contribution >= 0.6 is 0 Å². The zero-order chi connectivity index (χ0) is 15.0. The third-order valence-electron chi connectivity index (χ3n) is 3.78. The number of anilines is 1. The molecule has 4 heteroatoms. The minimum absolute atomic E-state index is 0.0956. The van der Waals surface area contributed by atoms with Gasteiger partial charge in [-0.05, 0) is 17.2 Å². The third-order valence-corrected chi connectivity index (χ3v) is 3.78. The highest BCUT2D eigenvalue weighted by Crippen LogP contribution is 2.32. The Labute approximate surface area is 122 Å². The van der Waals surface area contributed by atoms with Gasteiger partial charge in [0.15, 0.2) is 5.78 Å². The van der Waals surface area contributed by atoms with Gasteiger partial charge in [-0.3, -0.25) is 9.59 Å². The summed E-state index contributed by atoms with van der Waals surface area (Å²) in [5, 5.41) is 9.06. The highest BCUT2D eigenvalue weighted by atomic mass is 16.4. The Morgan fingerprint density at radius 3 is 2.71 bits per heavy atom. The van der Waals surface area contributed by atoms with Crippen LogP contribution in [0.2, 0.25) is 0 Å². The Morgan fingerprint density at radius 1 is 1.19 bits per heavy atom. The van der Waals surface area contributed by atoms with Crippen molar-refractivity contribution >= 4 is 17.4 Å². The van der Waals surface area contributed by atoms with Crippen LogP contribution in [0.15, 0.2) is 42.5 Å². The van der Waals surface area contributed by atoms with E-state index in [0.29, 0.717) is 23.2 Å². The number of carboxylic acids is 1. The lowest BCUT2D eigenvalue weighted by molar-refractivity contribution is -0.136. The highest BCUT2D eigenvalue weighted by Gasteiger charge is 2.26. The Morgan fingerprint density at radius 2 is 1.95 bits per heavy atom. The first-order valence-electron chi connectivity index (χ1n) is 6.75. The molecule has 0 spiro atoms. The summed E-state index contributed by atoms with van der Waals surface area (Å²) in [6.45, 7) is 0.630. The standard InChI is InChI=1S/C17H15NO3/c1-18-10-12-5-2-3-7-13(12)17(21)16-11(9-15(19)20)6-4-8-14(16)18/h2-8H,9-10H2,1H3,(H,19,20). The van der Waals surface area contributed by atoms with Gasteiger partial charge in [0.1, 0.15) is 0 Å². The van der Waals surface area contributed by atoms with E-state index < -0.39 is 5.97 Å². The van der Waals surface area contributed by atoms with Crippen molar-refractivity contribution in [2.45, 2.75) is 13.0 Å². The molecule has 0 radical (unpaired) electrons. The monoisotopic (exact) mass is 281 g/mol. The predicted molar refractivity (Wildman–Crippen MR) is 79.8 cm³/mol. The van der Waals surface area contributed by atoms with Crippen molar-refractivity contribution in [1.82, 2.24) is 0 Å². The van der Waals surface area contributed by atoms with Crippen molar-refractivity contribution in [2.75, 3.05) is 11.9 Å². The van der Waals surface area contributed by atoms with Gasteiger partial charge in [0.25, 0.3) is 0 Å². The van der Waals surface area contributed by atoms with Gasteiger partial charge in [-0.2, -0.15) is 0 Å². The van der Waals surface area contributed by atoms with Crippen molar-refractivity contribution in [1.29, 1.82) is 0 Å². The Kier molecular flexibility index (Phi) is 3.22. The fourth-order valence-corrected chi connectivity index (χ4v) is 2.83. The molecule has 0 unspecified atom stereocenters. The number of ketones is 1. The normalized spacial score (nSPS) is 13.4. The molecule has 0 aliphatic carbocycles. The van der Waals surface area contributed by atoms with Crippen LogP contribution in [-0.4, -0.2) is 23.9 Å². The first-order chi connectivity index (χ1) is 10.1. The second-order valence-electron chi connectivity index (χ2n) is 5.22. The molecule has 4 nitrogen and oxygen atoms in total. The molecule has 2 aromatic carbocycles. The maximum atomic E-state index is 12.9. The molecule has 1 heterocycles. The van der Waals surface area contributed by atoms with Gasteiger partial charge in [0.2, 0.25) is 0 Å². The van der Waals surface area contributed by atoms with Gasteiger partial charge in [-0.15, -0.1) is 0 Å². The third kappa shape index (κ3) is 2.29. The van der Waals surface area contributed by atoms with E-state index in [-0.39, 0.29) is 12.2 Å². The number of fused-ring (bicyclic) bond motifs is 2. The smallest absolute Gasteiger partial charge is 0.307 e. The van der Waals surface area contributed by atoms with E-state index in [1.165, 1.54) is 0 Å². The molecule has 106 valence electrons. The summed E-state index contributed by atoms with van der Waals surface area (Å²) < 4.78 is 0. The van der Waals surface area contributed by atoms with Gasteiger partial charge in [0, 0.05) is 30.4 Å². The van der Waals surface area contributed by atoms with Crippen molar-refractivity contribution < 1.29 is 14.7 Å². The number of hydrogen-bond acceptors (Lipinski definition) is 3. The molecule has 1 N–H and O–H groups in total. The second-order valence-corrected chi connectivity index (χ2v) is 5.22. The highest BCUT2D eigenvalue weighted by molar-refractivity contribution is 6.15. The molecule has 21 heavy (non-hydrogen) atoms. The molecule has 0 bridgehead atoms. The summed E-state index contributed by atoms with van der Waals surface area (Å²) in [4.78, 5) is 25.9. The Balaban J connectivity index is 2.23. The number of hydrogen-bond donors (Lipinski definition) is 1. The number of aliphatic carboxylic acids is 1. The molecule has 0 aromatic heterocycles. The lowest BCUT2D eigenvalue weighted by Gasteiger charge is -2.20. The molecule has 1 aliphatic rings. The number of benzene rings is 2. The second kappa shape index (κ2) is 5.05. The molecule has 2 aromatic rings. The van der Waals surface area contributed by atoms with E-state index in [0.717, 1.165) is 11.3 Å². The average Bonchev–Trinajstić information content (AvgIpc) is 2.56. The van der Waals surface area contributed by atoms with E-state index >= 15 is 0 Å². The van der Waals surface area contributed by atoms with Crippen LogP contribution in [-0.2, 0) is 17.8 Å². The van der Waals surface area contributed by atoms with Crippen molar-refractivity contribution in [3.05, 3.63) is 64.7 Å². The van der Waals surface area contributed by atoms with Crippen LogP contribution in [0.4, 0.5) is 5.69 Å². The Hall–Kier alpha value is -2.62. The number of carboxylic acid groups (broad SMARTS) is 1. The van der Waals surface area contributed by atoms with E-state index in [9.17, 15) is 9.59 Å². The maximum Gasteiger partial charge on any atom is 0.307 e. The molecule has 3 rings (SSSR count). The lowest BCUT2D eigenvalue weighted by atomic mass is 9.94. The van der Waals surface area contributed by atoms with Gasteiger partial charge in [-0.25, -0.2) is 0 Å². The van der Waals surface area contributed by atoms with Crippen LogP contribution in [0.5, 0.6) is 0 Å². The summed E-state index contributed by atoms with van der Waals surface area (Å²) in [5.41, 5.74) is 3.47. The van der Waals surface area contributed by atoms with Gasteiger partial charge < -0.3 is 10.0 Å². The van der Waals surface area contributed by atoms with E-state index in [1.54, 1.807) is 18.2 Å². The zero-order valence-corrected chi connectivity index (χ0v) is 11.7. The number of rotatable bonds is 2. The fourth-order valence-electron chi connectivity index (χ4n) is 2.83. The van der Waals surface area contributed by atoms with E-state index in [2.05, 4.69) is 0 Å².